The van der Waals surface area contributed by atoms with Crippen LogP contribution >= 0.6 is 24.0 Å². The number of nitrogens with zero attached hydrogens (tertiary/aromatic N) is 4. The van der Waals surface area contributed by atoms with E-state index in [1.165, 1.54) is 0 Å². The average Bonchev–Trinajstić information content (AvgIpc) is 3.37. The zero-order valence-electron chi connectivity index (χ0n) is 18.6. The van der Waals surface area contributed by atoms with E-state index in [1.54, 1.807) is 0 Å². The van der Waals surface area contributed by atoms with E-state index in [0.717, 1.165) is 55.3 Å². The molecule has 2 fully saturated rings. The van der Waals surface area contributed by atoms with Gasteiger partial charge in [-0.1, -0.05) is 24.3 Å². The first kappa shape index (κ1) is 24.4. The molecule has 1 N–H and O–H groups in total. The lowest BCUT2D eigenvalue weighted by molar-refractivity contribution is -0.142. The summed E-state index contributed by atoms with van der Waals surface area (Å²) in [6.07, 6.45) is 3.41. The van der Waals surface area contributed by atoms with Crippen LogP contribution in [0, 0.1) is 0 Å². The largest absolute Gasteiger partial charge is 0.368 e. The second kappa shape index (κ2) is 12.2. The van der Waals surface area contributed by atoms with E-state index in [4.69, 9.17) is 9.73 Å². The number of carbonyl (C=O) groups excluding carboxylic acids is 1. The van der Waals surface area contributed by atoms with Gasteiger partial charge in [0, 0.05) is 51.1 Å². The van der Waals surface area contributed by atoms with Crippen molar-refractivity contribution in [1.82, 2.24) is 20.1 Å². The predicted molar refractivity (Wildman–Crippen MR) is 137 cm³/mol. The Balaban J connectivity index is 0.00000289. The van der Waals surface area contributed by atoms with Crippen molar-refractivity contribution in [3.8, 4) is 11.3 Å². The number of halogens is 1. The third kappa shape index (κ3) is 6.19. The fourth-order valence-corrected chi connectivity index (χ4v) is 4.07. The molecule has 0 aliphatic carbocycles. The van der Waals surface area contributed by atoms with Crippen LogP contribution in [-0.2, 0) is 16.1 Å². The number of pyridine rings is 1. The maximum absolute atomic E-state index is 12.6. The van der Waals surface area contributed by atoms with Gasteiger partial charge < -0.3 is 19.9 Å². The molecule has 8 heteroatoms. The number of aromatic nitrogens is 1. The predicted octanol–water partition coefficient (Wildman–Crippen LogP) is 3.16. The Hall–Kier alpha value is -2.20. The standard InChI is InChI=1S/C24H31N5O2.HI/c1-2-25-24(29-14-12-28(13-15-29)23(30)22-10-6-16-31-22)27-18-19-7-5-8-20(17-19)21-9-3-4-11-26-21;/h3-5,7-9,11,17,22H,2,6,10,12-16,18H2,1H3,(H,25,27);1H. The highest BCUT2D eigenvalue weighted by atomic mass is 127. The second-order valence-electron chi connectivity index (χ2n) is 7.90. The van der Waals surface area contributed by atoms with Crippen LogP contribution in [0.5, 0.6) is 0 Å². The first-order chi connectivity index (χ1) is 15.2. The third-order valence-corrected chi connectivity index (χ3v) is 5.73. The summed E-state index contributed by atoms with van der Waals surface area (Å²) in [5.41, 5.74) is 3.21. The summed E-state index contributed by atoms with van der Waals surface area (Å²) in [6.45, 7) is 7.15. The average molecular weight is 549 g/mol. The van der Waals surface area contributed by atoms with E-state index in [0.29, 0.717) is 26.2 Å². The van der Waals surface area contributed by atoms with Crippen molar-refractivity contribution in [2.75, 3.05) is 39.3 Å². The lowest BCUT2D eigenvalue weighted by Gasteiger charge is -2.37. The number of hydrogen-bond acceptors (Lipinski definition) is 4. The van der Waals surface area contributed by atoms with Crippen LogP contribution in [-0.4, -0.2) is 72.1 Å². The maximum Gasteiger partial charge on any atom is 0.251 e. The van der Waals surface area contributed by atoms with Gasteiger partial charge in [0.05, 0.1) is 12.2 Å². The summed E-state index contributed by atoms with van der Waals surface area (Å²) >= 11 is 0. The lowest BCUT2D eigenvalue weighted by atomic mass is 10.1. The van der Waals surface area contributed by atoms with E-state index >= 15 is 0 Å². The molecule has 1 aromatic heterocycles. The summed E-state index contributed by atoms with van der Waals surface area (Å²) in [5, 5.41) is 3.40. The van der Waals surface area contributed by atoms with E-state index in [2.05, 4.69) is 46.4 Å². The van der Waals surface area contributed by atoms with Crippen molar-refractivity contribution in [2.24, 2.45) is 4.99 Å². The van der Waals surface area contributed by atoms with Gasteiger partial charge in [-0.05, 0) is 43.5 Å². The van der Waals surface area contributed by atoms with Gasteiger partial charge in [0.25, 0.3) is 5.91 Å². The number of rotatable bonds is 5. The van der Waals surface area contributed by atoms with Crippen molar-refractivity contribution in [3.05, 3.63) is 54.2 Å². The molecule has 0 saturated carbocycles. The van der Waals surface area contributed by atoms with Crippen LogP contribution in [0.1, 0.15) is 25.3 Å². The molecule has 2 aromatic rings. The first-order valence-corrected chi connectivity index (χ1v) is 11.2. The summed E-state index contributed by atoms with van der Waals surface area (Å²) in [7, 11) is 0. The number of guanidine groups is 1. The molecule has 1 unspecified atom stereocenters. The Labute approximate surface area is 207 Å². The van der Waals surface area contributed by atoms with Gasteiger partial charge in [-0.15, -0.1) is 24.0 Å². The molecule has 1 amide bonds. The monoisotopic (exact) mass is 549 g/mol. The van der Waals surface area contributed by atoms with Crippen molar-refractivity contribution < 1.29 is 9.53 Å². The van der Waals surface area contributed by atoms with Crippen molar-refractivity contribution in [2.45, 2.75) is 32.4 Å². The number of amides is 1. The van der Waals surface area contributed by atoms with Gasteiger partial charge in [-0.3, -0.25) is 9.78 Å². The van der Waals surface area contributed by atoms with Gasteiger partial charge in [0.1, 0.15) is 6.10 Å². The SMILES string of the molecule is CCNC(=NCc1cccc(-c2ccccn2)c1)N1CCN(C(=O)C2CCCO2)CC1.I. The Morgan fingerprint density at radius 1 is 1.16 bits per heavy atom. The summed E-state index contributed by atoms with van der Waals surface area (Å²) in [5.74, 6) is 1.04. The van der Waals surface area contributed by atoms with Gasteiger partial charge in [-0.2, -0.15) is 0 Å². The highest BCUT2D eigenvalue weighted by molar-refractivity contribution is 14.0. The maximum atomic E-state index is 12.6. The Morgan fingerprint density at radius 2 is 1.97 bits per heavy atom. The molecule has 1 aromatic carbocycles. The fraction of sp³-hybridized carbons (Fsp3) is 0.458. The molecule has 4 rings (SSSR count). The highest BCUT2D eigenvalue weighted by Crippen LogP contribution is 2.19. The number of aliphatic imine (C=N–C) groups is 1. The molecule has 1 atom stereocenters. The van der Waals surface area contributed by atoms with E-state index in [9.17, 15) is 4.79 Å². The smallest absolute Gasteiger partial charge is 0.251 e. The van der Waals surface area contributed by atoms with Crippen LogP contribution in [0.3, 0.4) is 0 Å². The number of hydrogen-bond donors (Lipinski definition) is 1. The van der Waals surface area contributed by atoms with Gasteiger partial charge in [0.2, 0.25) is 0 Å². The molecule has 172 valence electrons. The molecular weight excluding hydrogens is 517 g/mol. The minimum absolute atomic E-state index is 0. The lowest BCUT2D eigenvalue weighted by Crippen LogP contribution is -2.55. The van der Waals surface area contributed by atoms with E-state index < -0.39 is 0 Å². The van der Waals surface area contributed by atoms with Gasteiger partial charge in [-0.25, -0.2) is 4.99 Å². The normalized spacial score (nSPS) is 18.9. The molecule has 2 aliphatic heterocycles. The number of carbonyl (C=O) groups is 1. The molecule has 3 heterocycles. The summed E-state index contributed by atoms with van der Waals surface area (Å²) in [4.78, 5) is 26.1. The molecule has 0 bridgehead atoms. The molecule has 32 heavy (non-hydrogen) atoms. The quantitative estimate of drug-likeness (QED) is 0.353. The number of ether oxygens (including phenoxy) is 1. The van der Waals surface area contributed by atoms with Crippen LogP contribution in [0.25, 0.3) is 11.3 Å². The van der Waals surface area contributed by atoms with E-state index in [-0.39, 0.29) is 36.0 Å². The van der Waals surface area contributed by atoms with Crippen LogP contribution in [0.15, 0.2) is 53.7 Å². The van der Waals surface area contributed by atoms with Crippen molar-refractivity contribution in [3.63, 3.8) is 0 Å². The minimum Gasteiger partial charge on any atom is -0.368 e. The number of benzene rings is 1. The zero-order chi connectivity index (χ0) is 21.5. The summed E-state index contributed by atoms with van der Waals surface area (Å²) in [6, 6.07) is 14.3. The molecule has 7 nitrogen and oxygen atoms in total. The Morgan fingerprint density at radius 3 is 2.66 bits per heavy atom. The van der Waals surface area contributed by atoms with Gasteiger partial charge in [0.15, 0.2) is 5.96 Å². The first-order valence-electron chi connectivity index (χ1n) is 11.2. The highest BCUT2D eigenvalue weighted by Gasteiger charge is 2.30. The molecular formula is C24H32IN5O2. The molecule has 2 aliphatic rings. The second-order valence-corrected chi connectivity index (χ2v) is 7.90. The van der Waals surface area contributed by atoms with Crippen molar-refractivity contribution >= 4 is 35.8 Å². The van der Waals surface area contributed by atoms with Crippen LogP contribution in [0.4, 0.5) is 0 Å². The third-order valence-electron chi connectivity index (χ3n) is 5.73. The topological polar surface area (TPSA) is 70.1 Å². The molecule has 0 spiro atoms. The van der Waals surface area contributed by atoms with Gasteiger partial charge >= 0.3 is 0 Å². The zero-order valence-corrected chi connectivity index (χ0v) is 20.9. The number of nitrogens with one attached hydrogen (secondary N) is 1. The fourth-order valence-electron chi connectivity index (χ4n) is 4.07. The van der Waals surface area contributed by atoms with Crippen LogP contribution in [0.2, 0.25) is 0 Å². The molecule has 0 radical (unpaired) electrons. The minimum atomic E-state index is -0.236. The number of piperazine rings is 1. The van der Waals surface area contributed by atoms with E-state index in [1.807, 2.05) is 29.3 Å². The van der Waals surface area contributed by atoms with Crippen LogP contribution < -0.4 is 5.32 Å². The Kier molecular flexibility index (Phi) is 9.28. The summed E-state index contributed by atoms with van der Waals surface area (Å²) < 4.78 is 5.56. The molecule has 2 saturated heterocycles. The van der Waals surface area contributed by atoms with Crippen molar-refractivity contribution in [1.29, 1.82) is 0 Å². The Bertz CT molecular complexity index is 894.